The predicted molar refractivity (Wildman–Crippen MR) is 117 cm³/mol. The highest BCUT2D eigenvalue weighted by atomic mass is 16.6. The third-order valence-corrected chi connectivity index (χ3v) is 5.91. The molecule has 30 heavy (non-hydrogen) atoms. The van der Waals surface area contributed by atoms with Gasteiger partial charge in [0.05, 0.1) is 6.54 Å². The van der Waals surface area contributed by atoms with E-state index in [0.29, 0.717) is 25.4 Å². The van der Waals surface area contributed by atoms with Gasteiger partial charge in [-0.3, -0.25) is 9.69 Å². The third-order valence-electron chi connectivity index (χ3n) is 5.91. The highest BCUT2D eigenvalue weighted by molar-refractivity contribution is 5.77. The summed E-state index contributed by atoms with van der Waals surface area (Å²) in [6.07, 6.45) is 1.18. The number of nitrogens with zero attached hydrogens (tertiary/aromatic N) is 2. The fraction of sp³-hybridized carbons (Fsp3) is 0.440. The van der Waals surface area contributed by atoms with Crippen LogP contribution in [0.5, 0.6) is 0 Å². The molecule has 0 aromatic heterocycles. The van der Waals surface area contributed by atoms with E-state index < -0.39 is 5.60 Å². The zero-order chi connectivity index (χ0) is 21.5. The fourth-order valence-corrected chi connectivity index (χ4v) is 4.39. The lowest BCUT2D eigenvalue weighted by Gasteiger charge is -2.30. The Hall–Kier alpha value is -2.82. The molecule has 0 bridgehead atoms. The molecule has 2 aromatic rings. The van der Waals surface area contributed by atoms with Gasteiger partial charge in [0.15, 0.2) is 0 Å². The Morgan fingerprint density at radius 2 is 1.83 bits per heavy atom. The van der Waals surface area contributed by atoms with Crippen LogP contribution in [0.1, 0.15) is 56.2 Å². The molecule has 0 N–H and O–H groups in total. The minimum absolute atomic E-state index is 0.215. The average Bonchev–Trinajstić information content (AvgIpc) is 3.13. The summed E-state index contributed by atoms with van der Waals surface area (Å²) >= 11 is 0. The number of fused-ring (bicyclic) bond motifs is 1. The molecule has 0 spiro atoms. The second-order valence-corrected chi connectivity index (χ2v) is 9.42. The molecule has 2 amide bonds. The zero-order valence-electron chi connectivity index (χ0n) is 18.3. The first-order valence-corrected chi connectivity index (χ1v) is 10.6. The first-order valence-electron chi connectivity index (χ1n) is 10.6. The lowest BCUT2D eigenvalue weighted by Crippen LogP contribution is -2.35. The lowest BCUT2D eigenvalue weighted by molar-refractivity contribution is -0.132. The van der Waals surface area contributed by atoms with Gasteiger partial charge >= 0.3 is 6.09 Å². The number of hydrogen-bond acceptors (Lipinski definition) is 3. The Bertz CT molecular complexity index is 962. The summed E-state index contributed by atoms with van der Waals surface area (Å²) in [5.41, 5.74) is 5.43. The maximum Gasteiger partial charge on any atom is 0.410 e. The molecule has 0 saturated carbocycles. The van der Waals surface area contributed by atoms with Gasteiger partial charge in [-0.2, -0.15) is 0 Å². The van der Waals surface area contributed by atoms with Crippen LogP contribution in [-0.2, 0) is 22.6 Å². The number of carbonyl (C=O) groups excluding carboxylic acids is 2. The van der Waals surface area contributed by atoms with Crippen molar-refractivity contribution in [3.63, 3.8) is 0 Å². The van der Waals surface area contributed by atoms with Gasteiger partial charge in [-0.25, -0.2) is 4.79 Å². The van der Waals surface area contributed by atoms with Crippen molar-refractivity contribution in [2.24, 2.45) is 0 Å². The van der Waals surface area contributed by atoms with Crippen LogP contribution in [-0.4, -0.2) is 41.0 Å². The van der Waals surface area contributed by atoms with Crippen molar-refractivity contribution in [1.82, 2.24) is 9.80 Å². The number of likely N-dealkylation sites (N-methyl/N-ethyl adjacent to an activating group) is 1. The number of carbonyl (C=O) groups is 2. The molecule has 2 aliphatic rings. The van der Waals surface area contributed by atoms with E-state index in [2.05, 4.69) is 24.3 Å². The third kappa shape index (κ3) is 4.20. The summed E-state index contributed by atoms with van der Waals surface area (Å²) in [6, 6.07) is 14.8. The number of hydrogen-bond donors (Lipinski definition) is 0. The van der Waals surface area contributed by atoms with E-state index >= 15 is 0 Å². The van der Waals surface area contributed by atoms with Crippen molar-refractivity contribution in [3.05, 3.63) is 59.2 Å². The molecule has 5 nitrogen and oxygen atoms in total. The minimum atomic E-state index is -0.515. The molecule has 1 atom stereocenters. The quantitative estimate of drug-likeness (QED) is 0.710. The zero-order valence-corrected chi connectivity index (χ0v) is 18.3. The number of rotatable bonds is 2. The molecule has 1 fully saturated rings. The fourth-order valence-electron chi connectivity index (χ4n) is 4.39. The lowest BCUT2D eigenvalue weighted by atomic mass is 9.85. The average molecular weight is 407 g/mol. The van der Waals surface area contributed by atoms with Crippen LogP contribution < -0.4 is 0 Å². The van der Waals surface area contributed by atoms with Crippen molar-refractivity contribution in [3.8, 4) is 11.1 Å². The summed E-state index contributed by atoms with van der Waals surface area (Å²) in [4.78, 5) is 28.3. The van der Waals surface area contributed by atoms with Crippen LogP contribution in [0.3, 0.4) is 0 Å². The molecule has 2 heterocycles. The van der Waals surface area contributed by atoms with E-state index in [1.807, 2.05) is 50.9 Å². The normalized spacial score (nSPS) is 19.1. The van der Waals surface area contributed by atoms with Gasteiger partial charge in [0.2, 0.25) is 5.91 Å². The number of likely N-dealkylation sites (tertiary alicyclic amines) is 1. The molecular weight excluding hydrogens is 376 g/mol. The smallest absolute Gasteiger partial charge is 0.410 e. The molecule has 1 unspecified atom stereocenters. The van der Waals surface area contributed by atoms with E-state index in [1.165, 1.54) is 22.3 Å². The predicted octanol–water partition coefficient (Wildman–Crippen LogP) is 4.94. The summed E-state index contributed by atoms with van der Waals surface area (Å²) in [5, 5.41) is 0. The standard InChI is InChI=1S/C25H30N2O3/c1-25(2,3)30-24(29)27-15-20-12-19(18-10-11-23(28)26(4)14-18)13-21(22(20)16-27)17-8-6-5-7-9-17/h5-9,12-13,18H,10-11,14-16H2,1-4H3. The van der Waals surface area contributed by atoms with E-state index in [0.717, 1.165) is 18.5 Å². The Kier molecular flexibility index (Phi) is 5.31. The first-order chi connectivity index (χ1) is 14.2. The molecule has 0 radical (unpaired) electrons. The maximum absolute atomic E-state index is 12.7. The highest BCUT2D eigenvalue weighted by Gasteiger charge is 2.32. The Labute approximate surface area is 178 Å². The van der Waals surface area contributed by atoms with Crippen LogP contribution in [0.2, 0.25) is 0 Å². The molecule has 158 valence electrons. The molecule has 2 aliphatic heterocycles. The number of piperidine rings is 1. The second-order valence-electron chi connectivity index (χ2n) is 9.42. The summed E-state index contributed by atoms with van der Waals surface area (Å²) in [7, 11) is 1.88. The molecular formula is C25H30N2O3. The minimum Gasteiger partial charge on any atom is -0.444 e. The molecule has 0 aliphatic carbocycles. The largest absolute Gasteiger partial charge is 0.444 e. The van der Waals surface area contributed by atoms with E-state index in [9.17, 15) is 9.59 Å². The Balaban J connectivity index is 1.69. The van der Waals surface area contributed by atoms with Crippen molar-refractivity contribution >= 4 is 12.0 Å². The van der Waals surface area contributed by atoms with Gasteiger partial charge in [0, 0.05) is 32.5 Å². The topological polar surface area (TPSA) is 49.9 Å². The second kappa shape index (κ2) is 7.78. The molecule has 5 heteroatoms. The van der Waals surface area contributed by atoms with Gasteiger partial charge < -0.3 is 9.64 Å². The van der Waals surface area contributed by atoms with Crippen LogP contribution in [0, 0.1) is 0 Å². The summed E-state index contributed by atoms with van der Waals surface area (Å²) in [5.74, 6) is 0.530. The Morgan fingerprint density at radius 3 is 2.50 bits per heavy atom. The van der Waals surface area contributed by atoms with Crippen LogP contribution in [0.25, 0.3) is 11.1 Å². The van der Waals surface area contributed by atoms with Gasteiger partial charge in [0.25, 0.3) is 0 Å². The van der Waals surface area contributed by atoms with E-state index in [4.69, 9.17) is 4.74 Å². The van der Waals surface area contributed by atoms with Gasteiger partial charge in [-0.05, 0) is 55.0 Å². The number of amides is 2. The monoisotopic (exact) mass is 406 g/mol. The van der Waals surface area contributed by atoms with E-state index in [-0.39, 0.29) is 12.0 Å². The van der Waals surface area contributed by atoms with Gasteiger partial charge in [-0.15, -0.1) is 0 Å². The summed E-state index contributed by atoms with van der Waals surface area (Å²) < 4.78 is 5.61. The van der Waals surface area contributed by atoms with Crippen molar-refractivity contribution in [2.75, 3.05) is 13.6 Å². The first kappa shape index (κ1) is 20.5. The van der Waals surface area contributed by atoms with Crippen LogP contribution in [0.15, 0.2) is 42.5 Å². The van der Waals surface area contributed by atoms with Crippen LogP contribution >= 0.6 is 0 Å². The maximum atomic E-state index is 12.7. The van der Waals surface area contributed by atoms with Crippen LogP contribution in [0.4, 0.5) is 4.79 Å². The Morgan fingerprint density at radius 1 is 1.10 bits per heavy atom. The number of ether oxygens (including phenoxy) is 1. The van der Waals surface area contributed by atoms with E-state index in [1.54, 1.807) is 4.90 Å². The summed E-state index contributed by atoms with van der Waals surface area (Å²) in [6.45, 7) is 7.52. The number of benzene rings is 2. The molecule has 1 saturated heterocycles. The van der Waals surface area contributed by atoms with Crippen molar-refractivity contribution < 1.29 is 14.3 Å². The van der Waals surface area contributed by atoms with Gasteiger partial charge in [-0.1, -0.05) is 42.5 Å². The van der Waals surface area contributed by atoms with Crippen molar-refractivity contribution in [1.29, 1.82) is 0 Å². The van der Waals surface area contributed by atoms with Gasteiger partial charge in [0.1, 0.15) is 5.60 Å². The SMILES string of the molecule is CN1CC(c2cc3c(c(-c4ccccc4)c2)CN(C(=O)OC(C)(C)C)C3)CCC1=O. The molecule has 4 rings (SSSR count). The molecule has 2 aromatic carbocycles. The van der Waals surface area contributed by atoms with Crippen molar-refractivity contribution in [2.45, 2.75) is 58.2 Å². The highest BCUT2D eigenvalue weighted by Crippen LogP contribution is 2.38.